The van der Waals surface area contributed by atoms with Crippen LogP contribution in [0, 0.1) is 0 Å². The topological polar surface area (TPSA) is 71.8 Å². The Bertz CT molecular complexity index is 639. The number of aromatic nitrogens is 3. The molecule has 2 amide bonds. The first kappa shape index (κ1) is 12.9. The fourth-order valence-electron chi connectivity index (χ4n) is 2.23. The van der Waals surface area contributed by atoms with Crippen molar-refractivity contribution >= 4 is 23.3 Å². The number of hydrogen-bond donors (Lipinski definition) is 2. The molecule has 2 heterocycles. The third-order valence-electron chi connectivity index (χ3n) is 3.22. The van der Waals surface area contributed by atoms with Crippen LogP contribution in [0.1, 0.15) is 18.1 Å². The summed E-state index contributed by atoms with van der Waals surface area (Å²) in [7, 11) is 0. The van der Waals surface area contributed by atoms with Crippen LogP contribution in [-0.4, -0.2) is 20.8 Å². The van der Waals surface area contributed by atoms with E-state index >= 15 is 0 Å². The van der Waals surface area contributed by atoms with E-state index in [-0.39, 0.29) is 6.03 Å². The molecule has 3 rings (SSSR count). The van der Waals surface area contributed by atoms with Crippen molar-refractivity contribution < 1.29 is 4.79 Å². The number of urea groups is 1. The number of amides is 2. The molecular formula is C13H14ClN5O. The second kappa shape index (κ2) is 5.50. The summed E-state index contributed by atoms with van der Waals surface area (Å²) >= 11 is 5.98. The lowest BCUT2D eigenvalue weighted by Crippen LogP contribution is -2.29. The maximum Gasteiger partial charge on any atom is 0.319 e. The van der Waals surface area contributed by atoms with E-state index < -0.39 is 0 Å². The Morgan fingerprint density at radius 3 is 3.05 bits per heavy atom. The van der Waals surface area contributed by atoms with Gasteiger partial charge in [-0.2, -0.15) is 0 Å². The van der Waals surface area contributed by atoms with Crippen molar-refractivity contribution in [1.29, 1.82) is 0 Å². The SMILES string of the molecule is O=C(NCc1nnc2n1CCC2)Nc1ccccc1Cl. The van der Waals surface area contributed by atoms with Crippen LogP contribution in [0.2, 0.25) is 5.02 Å². The molecule has 0 radical (unpaired) electrons. The monoisotopic (exact) mass is 291 g/mol. The number of aryl methyl sites for hydroxylation is 1. The number of para-hydroxylation sites is 1. The number of nitrogens with zero attached hydrogens (tertiary/aromatic N) is 3. The number of nitrogens with one attached hydrogen (secondary N) is 2. The van der Waals surface area contributed by atoms with Crippen LogP contribution >= 0.6 is 11.6 Å². The average Bonchev–Trinajstić information content (AvgIpc) is 3.02. The molecule has 1 aromatic heterocycles. The molecule has 0 spiro atoms. The number of carbonyl (C=O) groups is 1. The number of benzene rings is 1. The first-order chi connectivity index (χ1) is 9.74. The van der Waals surface area contributed by atoms with E-state index in [2.05, 4.69) is 25.4 Å². The van der Waals surface area contributed by atoms with Crippen LogP contribution in [-0.2, 0) is 19.5 Å². The predicted octanol–water partition coefficient (Wildman–Crippen LogP) is 2.20. The van der Waals surface area contributed by atoms with Crippen LogP contribution in [0.25, 0.3) is 0 Å². The standard InChI is InChI=1S/C13H14ClN5O/c14-9-4-1-2-5-10(9)16-13(20)15-8-12-18-17-11-6-3-7-19(11)12/h1-2,4-5H,3,6-8H2,(H2,15,16,20). The van der Waals surface area contributed by atoms with Gasteiger partial charge in [-0.05, 0) is 18.6 Å². The van der Waals surface area contributed by atoms with Gasteiger partial charge in [-0.25, -0.2) is 4.79 Å². The Hall–Kier alpha value is -2.08. The first-order valence-electron chi connectivity index (χ1n) is 6.44. The van der Waals surface area contributed by atoms with Crippen molar-refractivity contribution in [2.75, 3.05) is 5.32 Å². The predicted molar refractivity (Wildman–Crippen MR) is 75.7 cm³/mol. The molecule has 0 unspecified atom stereocenters. The smallest absolute Gasteiger partial charge is 0.319 e. The van der Waals surface area contributed by atoms with Gasteiger partial charge in [-0.15, -0.1) is 10.2 Å². The minimum Gasteiger partial charge on any atom is -0.331 e. The molecule has 0 saturated carbocycles. The third kappa shape index (κ3) is 2.60. The molecular weight excluding hydrogens is 278 g/mol. The minimum atomic E-state index is -0.312. The molecule has 1 aromatic carbocycles. The molecule has 1 aliphatic heterocycles. The summed E-state index contributed by atoms with van der Waals surface area (Å²) in [6.07, 6.45) is 2.04. The van der Waals surface area contributed by atoms with Crippen molar-refractivity contribution in [3.05, 3.63) is 40.9 Å². The number of rotatable bonds is 3. The summed E-state index contributed by atoms with van der Waals surface area (Å²) in [5.74, 6) is 1.78. The van der Waals surface area contributed by atoms with E-state index in [1.165, 1.54) is 0 Å². The van der Waals surface area contributed by atoms with Gasteiger partial charge in [0.1, 0.15) is 5.82 Å². The highest BCUT2D eigenvalue weighted by Gasteiger charge is 2.17. The lowest BCUT2D eigenvalue weighted by Gasteiger charge is -2.08. The van der Waals surface area contributed by atoms with Gasteiger partial charge in [0.15, 0.2) is 5.82 Å². The molecule has 7 heteroatoms. The van der Waals surface area contributed by atoms with E-state index in [4.69, 9.17) is 11.6 Å². The molecule has 0 fully saturated rings. The molecule has 2 N–H and O–H groups in total. The number of halogens is 1. The zero-order valence-corrected chi connectivity index (χ0v) is 11.5. The van der Waals surface area contributed by atoms with Crippen molar-refractivity contribution in [3.8, 4) is 0 Å². The Morgan fingerprint density at radius 1 is 1.35 bits per heavy atom. The molecule has 104 valence electrons. The number of fused-ring (bicyclic) bond motifs is 1. The molecule has 6 nitrogen and oxygen atoms in total. The van der Waals surface area contributed by atoms with E-state index in [1.54, 1.807) is 12.1 Å². The molecule has 0 aliphatic carbocycles. The van der Waals surface area contributed by atoms with Crippen LogP contribution in [0.15, 0.2) is 24.3 Å². The van der Waals surface area contributed by atoms with E-state index in [9.17, 15) is 4.79 Å². The summed E-state index contributed by atoms with van der Waals surface area (Å²) in [5.41, 5.74) is 0.582. The largest absolute Gasteiger partial charge is 0.331 e. The van der Waals surface area contributed by atoms with Gasteiger partial charge >= 0.3 is 6.03 Å². The molecule has 0 saturated heterocycles. The zero-order valence-electron chi connectivity index (χ0n) is 10.8. The number of carbonyl (C=O) groups excluding carboxylic acids is 1. The molecule has 0 atom stereocenters. The van der Waals surface area contributed by atoms with Gasteiger partial charge in [0, 0.05) is 13.0 Å². The summed E-state index contributed by atoms with van der Waals surface area (Å²) in [5, 5.41) is 14.1. The molecule has 20 heavy (non-hydrogen) atoms. The fraction of sp³-hybridized carbons (Fsp3) is 0.308. The maximum absolute atomic E-state index is 11.8. The molecule has 0 bridgehead atoms. The Kier molecular flexibility index (Phi) is 3.56. The van der Waals surface area contributed by atoms with Gasteiger partial charge in [-0.3, -0.25) is 0 Å². The number of anilines is 1. The highest BCUT2D eigenvalue weighted by atomic mass is 35.5. The summed E-state index contributed by atoms with van der Waals surface area (Å²) in [6, 6.07) is 6.78. The first-order valence-corrected chi connectivity index (χ1v) is 6.82. The number of hydrogen-bond acceptors (Lipinski definition) is 3. The van der Waals surface area contributed by atoms with Gasteiger partial charge in [0.25, 0.3) is 0 Å². The highest BCUT2D eigenvalue weighted by Crippen LogP contribution is 2.20. The highest BCUT2D eigenvalue weighted by molar-refractivity contribution is 6.33. The van der Waals surface area contributed by atoms with Gasteiger partial charge in [0.05, 0.1) is 17.3 Å². The van der Waals surface area contributed by atoms with Crippen LogP contribution in [0.4, 0.5) is 10.5 Å². The average molecular weight is 292 g/mol. The fourth-order valence-corrected chi connectivity index (χ4v) is 2.41. The van der Waals surface area contributed by atoms with Crippen LogP contribution in [0.3, 0.4) is 0 Å². The Labute approximate surface area is 121 Å². The van der Waals surface area contributed by atoms with Crippen molar-refractivity contribution in [3.63, 3.8) is 0 Å². The zero-order chi connectivity index (χ0) is 13.9. The summed E-state index contributed by atoms with van der Waals surface area (Å²) in [4.78, 5) is 11.8. The van der Waals surface area contributed by atoms with Crippen molar-refractivity contribution in [2.45, 2.75) is 25.9 Å². The van der Waals surface area contributed by atoms with Gasteiger partial charge < -0.3 is 15.2 Å². The lowest BCUT2D eigenvalue weighted by molar-refractivity contribution is 0.251. The second-order valence-electron chi connectivity index (χ2n) is 4.58. The quantitative estimate of drug-likeness (QED) is 0.910. The summed E-state index contributed by atoms with van der Waals surface area (Å²) in [6.45, 7) is 1.27. The van der Waals surface area contributed by atoms with Gasteiger partial charge in [0.2, 0.25) is 0 Å². The molecule has 2 aromatic rings. The normalized spacial score (nSPS) is 13.1. The van der Waals surface area contributed by atoms with Gasteiger partial charge in [-0.1, -0.05) is 23.7 Å². The van der Waals surface area contributed by atoms with E-state index in [0.717, 1.165) is 31.0 Å². The Balaban J connectivity index is 1.58. The van der Waals surface area contributed by atoms with Crippen LogP contribution < -0.4 is 10.6 Å². The third-order valence-corrected chi connectivity index (χ3v) is 3.54. The Morgan fingerprint density at radius 2 is 2.20 bits per heavy atom. The van der Waals surface area contributed by atoms with Crippen molar-refractivity contribution in [1.82, 2.24) is 20.1 Å². The lowest BCUT2D eigenvalue weighted by atomic mass is 10.3. The van der Waals surface area contributed by atoms with Crippen LogP contribution in [0.5, 0.6) is 0 Å². The van der Waals surface area contributed by atoms with E-state index in [1.807, 2.05) is 12.1 Å². The summed E-state index contributed by atoms with van der Waals surface area (Å²) < 4.78 is 2.05. The van der Waals surface area contributed by atoms with E-state index in [0.29, 0.717) is 17.3 Å². The second-order valence-corrected chi connectivity index (χ2v) is 4.98. The minimum absolute atomic E-state index is 0.312. The van der Waals surface area contributed by atoms with Crippen molar-refractivity contribution in [2.24, 2.45) is 0 Å². The maximum atomic E-state index is 11.8. The molecule has 1 aliphatic rings.